The van der Waals surface area contributed by atoms with Gasteiger partial charge in [-0.1, -0.05) is 6.07 Å². The summed E-state index contributed by atoms with van der Waals surface area (Å²) in [6.45, 7) is -0.591. The van der Waals surface area contributed by atoms with E-state index in [0.717, 1.165) is 6.07 Å². The number of Topliss-reactive ketones (excluding diaryl/α,β-unsaturated/α-hetero) is 1. The van der Waals surface area contributed by atoms with Crippen molar-refractivity contribution in [3.63, 3.8) is 0 Å². The zero-order chi connectivity index (χ0) is 22.4. The van der Waals surface area contributed by atoms with Crippen LogP contribution in [0.5, 0.6) is 23.0 Å². The van der Waals surface area contributed by atoms with Crippen LogP contribution in [-0.4, -0.2) is 72.7 Å². The second-order valence-electron chi connectivity index (χ2n) is 7.34. The standard InChI is InChI=1S/C21H20O10/c22-7-15-17(27)19(29)21(30-15)31-20-11(8-1-2-12(24)13(25)5-8)4-9-3-10(23)6-14(26)16(9)18(20)28/h1-3,5-6,15,17,19,21-27,29H,4,7H2/t15-,17+,19+,21+/m1/s1. The molecule has 31 heavy (non-hydrogen) atoms. The van der Waals surface area contributed by atoms with Crippen molar-refractivity contribution in [3.8, 4) is 23.0 Å². The van der Waals surface area contributed by atoms with E-state index in [9.17, 15) is 40.5 Å². The van der Waals surface area contributed by atoms with Crippen LogP contribution in [0.2, 0.25) is 0 Å². The first-order valence-electron chi connectivity index (χ1n) is 9.35. The number of rotatable bonds is 4. The molecule has 0 spiro atoms. The third kappa shape index (κ3) is 3.55. The number of fused-ring (bicyclic) bond motifs is 1. The summed E-state index contributed by atoms with van der Waals surface area (Å²) >= 11 is 0. The molecule has 0 amide bonds. The third-order valence-corrected chi connectivity index (χ3v) is 5.31. The van der Waals surface area contributed by atoms with Gasteiger partial charge in [0.1, 0.15) is 29.8 Å². The molecule has 10 nitrogen and oxygen atoms in total. The van der Waals surface area contributed by atoms with Gasteiger partial charge >= 0.3 is 0 Å². The lowest BCUT2D eigenvalue weighted by atomic mass is 9.85. The number of allylic oxidation sites excluding steroid dienone is 2. The number of phenolic OH excluding ortho intramolecular Hbond substituents is 4. The Morgan fingerprint density at radius 1 is 0.968 bits per heavy atom. The fourth-order valence-corrected chi connectivity index (χ4v) is 3.74. The van der Waals surface area contributed by atoms with E-state index in [1.54, 1.807) is 0 Å². The van der Waals surface area contributed by atoms with Crippen molar-refractivity contribution in [2.24, 2.45) is 0 Å². The molecule has 0 saturated carbocycles. The van der Waals surface area contributed by atoms with Crippen LogP contribution in [0.1, 0.15) is 21.5 Å². The number of aromatic hydroxyl groups is 4. The summed E-state index contributed by atoms with van der Waals surface area (Å²) in [7, 11) is 0. The quantitative estimate of drug-likeness (QED) is 0.328. The van der Waals surface area contributed by atoms with E-state index in [2.05, 4.69) is 0 Å². The minimum Gasteiger partial charge on any atom is -0.508 e. The molecule has 0 bridgehead atoms. The fourth-order valence-electron chi connectivity index (χ4n) is 3.74. The van der Waals surface area contributed by atoms with Gasteiger partial charge in [0.2, 0.25) is 12.1 Å². The van der Waals surface area contributed by atoms with Gasteiger partial charge in [-0.05, 0) is 29.3 Å². The molecule has 1 aliphatic heterocycles. The van der Waals surface area contributed by atoms with Crippen molar-refractivity contribution < 1.29 is 50.0 Å². The van der Waals surface area contributed by atoms with Crippen molar-refractivity contribution in [1.82, 2.24) is 0 Å². The van der Waals surface area contributed by atoms with Crippen molar-refractivity contribution in [1.29, 1.82) is 0 Å². The number of carbonyl (C=O) groups excluding carboxylic acids is 1. The lowest BCUT2D eigenvalue weighted by Gasteiger charge is -2.26. The molecule has 2 aliphatic rings. The zero-order valence-electron chi connectivity index (χ0n) is 16.0. The van der Waals surface area contributed by atoms with E-state index in [0.29, 0.717) is 11.1 Å². The van der Waals surface area contributed by atoms with Crippen LogP contribution in [0.25, 0.3) is 5.57 Å². The highest BCUT2D eigenvalue weighted by atomic mass is 16.7. The van der Waals surface area contributed by atoms with Crippen molar-refractivity contribution >= 4 is 11.4 Å². The number of aliphatic hydroxyl groups excluding tert-OH is 3. The monoisotopic (exact) mass is 432 g/mol. The summed E-state index contributed by atoms with van der Waals surface area (Å²) in [5, 5.41) is 69.0. The number of hydrogen-bond donors (Lipinski definition) is 7. The largest absolute Gasteiger partial charge is 0.508 e. The highest BCUT2D eigenvalue weighted by Crippen LogP contribution is 2.41. The molecule has 4 atom stereocenters. The van der Waals surface area contributed by atoms with Crippen LogP contribution < -0.4 is 0 Å². The molecule has 0 radical (unpaired) electrons. The van der Waals surface area contributed by atoms with Crippen LogP contribution >= 0.6 is 0 Å². The number of carbonyl (C=O) groups is 1. The van der Waals surface area contributed by atoms with Crippen molar-refractivity contribution in [2.75, 3.05) is 6.61 Å². The fraction of sp³-hybridized carbons (Fsp3) is 0.286. The summed E-state index contributed by atoms with van der Waals surface area (Å²) in [6.07, 6.45) is -5.65. The van der Waals surface area contributed by atoms with Gasteiger partial charge in [-0.3, -0.25) is 4.79 Å². The number of ether oxygens (including phenoxy) is 2. The Morgan fingerprint density at radius 3 is 2.35 bits per heavy atom. The first-order chi connectivity index (χ1) is 14.7. The molecule has 4 rings (SSSR count). The highest BCUT2D eigenvalue weighted by Gasteiger charge is 2.45. The summed E-state index contributed by atoms with van der Waals surface area (Å²) in [5.74, 6) is -2.67. The van der Waals surface area contributed by atoms with Gasteiger partial charge in [0.05, 0.1) is 12.2 Å². The van der Waals surface area contributed by atoms with Crippen molar-refractivity contribution in [2.45, 2.75) is 31.0 Å². The molecule has 7 N–H and O–H groups in total. The molecule has 164 valence electrons. The number of hydrogen-bond acceptors (Lipinski definition) is 10. The molecule has 1 saturated heterocycles. The molecule has 1 heterocycles. The van der Waals surface area contributed by atoms with Gasteiger partial charge in [-0.2, -0.15) is 0 Å². The topological polar surface area (TPSA) is 177 Å². The molecule has 10 heteroatoms. The molecule has 2 aromatic rings. The smallest absolute Gasteiger partial charge is 0.232 e. The van der Waals surface area contributed by atoms with E-state index in [-0.39, 0.29) is 34.8 Å². The Labute approximate surface area is 175 Å². The summed E-state index contributed by atoms with van der Waals surface area (Å²) in [6, 6.07) is 6.13. The van der Waals surface area contributed by atoms with Crippen LogP contribution in [0.4, 0.5) is 0 Å². The van der Waals surface area contributed by atoms with E-state index in [4.69, 9.17) is 9.47 Å². The van der Waals surface area contributed by atoms with Crippen LogP contribution in [-0.2, 0) is 15.9 Å². The number of ketones is 1. The van der Waals surface area contributed by atoms with Gasteiger partial charge in [0, 0.05) is 18.1 Å². The van der Waals surface area contributed by atoms with Gasteiger partial charge < -0.3 is 45.2 Å². The lowest BCUT2D eigenvalue weighted by Crippen LogP contribution is -2.35. The predicted molar refractivity (Wildman–Crippen MR) is 103 cm³/mol. The first-order valence-corrected chi connectivity index (χ1v) is 9.35. The van der Waals surface area contributed by atoms with Crippen LogP contribution in [0.3, 0.4) is 0 Å². The van der Waals surface area contributed by atoms with E-state index >= 15 is 0 Å². The molecular weight excluding hydrogens is 412 g/mol. The normalized spacial score (nSPS) is 25.6. The Kier molecular flexibility index (Phi) is 5.23. The van der Waals surface area contributed by atoms with E-state index in [1.165, 1.54) is 24.3 Å². The summed E-state index contributed by atoms with van der Waals surface area (Å²) in [5.41, 5.74) is 0.680. The number of phenols is 4. The van der Waals surface area contributed by atoms with Gasteiger partial charge in [0.15, 0.2) is 17.3 Å². The van der Waals surface area contributed by atoms with Gasteiger partial charge in [-0.25, -0.2) is 0 Å². The molecule has 1 aliphatic carbocycles. The summed E-state index contributed by atoms with van der Waals surface area (Å²) in [4.78, 5) is 13.2. The van der Waals surface area contributed by atoms with Crippen LogP contribution in [0.15, 0.2) is 36.1 Å². The Morgan fingerprint density at radius 2 is 1.71 bits per heavy atom. The summed E-state index contributed by atoms with van der Waals surface area (Å²) < 4.78 is 10.9. The maximum absolute atomic E-state index is 13.2. The first kappa shape index (κ1) is 20.9. The minimum absolute atomic E-state index is 0.0165. The second kappa shape index (κ2) is 7.75. The van der Waals surface area contributed by atoms with E-state index < -0.39 is 48.5 Å². The Hall–Kier alpha value is -3.31. The lowest BCUT2D eigenvalue weighted by molar-refractivity contribution is -0.144. The molecule has 2 aromatic carbocycles. The SMILES string of the molecule is O=C1C(O[C@@H]2O[C@H](CO)[C@H](O)[C@@H]2O)=C(c2ccc(O)c(O)c2)Cc2cc(O)cc(O)c21. The highest BCUT2D eigenvalue weighted by molar-refractivity contribution is 6.16. The molecule has 0 aromatic heterocycles. The number of benzene rings is 2. The van der Waals surface area contributed by atoms with Crippen LogP contribution in [0, 0.1) is 0 Å². The molecule has 1 fully saturated rings. The van der Waals surface area contributed by atoms with E-state index in [1.807, 2.05) is 0 Å². The van der Waals surface area contributed by atoms with Gasteiger partial charge in [-0.15, -0.1) is 0 Å². The minimum atomic E-state index is -1.57. The third-order valence-electron chi connectivity index (χ3n) is 5.31. The van der Waals surface area contributed by atoms with Crippen molar-refractivity contribution in [3.05, 3.63) is 52.8 Å². The predicted octanol–water partition coefficient (Wildman–Crippen LogP) is 0.115. The molecular formula is C21H20O10. The zero-order valence-corrected chi connectivity index (χ0v) is 16.0. The van der Waals surface area contributed by atoms with Gasteiger partial charge in [0.25, 0.3) is 0 Å². The average Bonchev–Trinajstić information content (AvgIpc) is 2.99. The Balaban J connectivity index is 1.82. The maximum Gasteiger partial charge on any atom is 0.232 e. The maximum atomic E-state index is 13.2. The Bertz CT molecular complexity index is 1080. The number of aliphatic hydroxyl groups is 3. The molecule has 0 unspecified atom stereocenters. The average molecular weight is 432 g/mol. The second-order valence-corrected chi connectivity index (χ2v) is 7.34.